The van der Waals surface area contributed by atoms with Gasteiger partial charge in [-0.1, -0.05) is 45.9 Å². The van der Waals surface area contributed by atoms with Gasteiger partial charge in [-0.25, -0.2) is 0 Å². The van der Waals surface area contributed by atoms with E-state index < -0.39 is 0 Å². The molecular formula is C16H22S. The predicted octanol–water partition coefficient (Wildman–Crippen LogP) is 3.90. The molecule has 0 aromatic carbocycles. The van der Waals surface area contributed by atoms with Crippen molar-refractivity contribution in [3.8, 4) is 0 Å². The summed E-state index contributed by atoms with van der Waals surface area (Å²) in [7, 11) is 0. The molecule has 0 fully saturated rings. The summed E-state index contributed by atoms with van der Waals surface area (Å²) in [6.45, 7) is 8.66. The SMILES string of the molecule is CC.CC1C=c2c3c(sc2=CC1)C=CCC3C. The maximum absolute atomic E-state index is 2.47. The van der Waals surface area contributed by atoms with Gasteiger partial charge in [-0.2, -0.15) is 0 Å². The molecule has 1 heterocycles. The van der Waals surface area contributed by atoms with Crippen molar-refractivity contribution in [2.24, 2.45) is 5.92 Å². The molecule has 0 spiro atoms. The van der Waals surface area contributed by atoms with Crippen LogP contribution in [0.4, 0.5) is 0 Å². The Morgan fingerprint density at radius 3 is 2.71 bits per heavy atom. The highest BCUT2D eigenvalue weighted by Crippen LogP contribution is 2.29. The van der Waals surface area contributed by atoms with E-state index in [4.69, 9.17) is 0 Å². The third-order valence-corrected chi connectivity index (χ3v) is 4.60. The molecule has 0 bridgehead atoms. The number of allylic oxidation sites excluding steroid dienone is 1. The second-order valence-corrected chi connectivity index (χ2v) is 5.86. The van der Waals surface area contributed by atoms with Crippen molar-refractivity contribution < 1.29 is 0 Å². The van der Waals surface area contributed by atoms with E-state index in [-0.39, 0.29) is 0 Å². The van der Waals surface area contributed by atoms with E-state index in [2.05, 4.69) is 38.2 Å². The van der Waals surface area contributed by atoms with Gasteiger partial charge in [0.05, 0.1) is 0 Å². The first-order chi connectivity index (χ1) is 8.25. The van der Waals surface area contributed by atoms with Crippen molar-refractivity contribution in [1.82, 2.24) is 0 Å². The highest BCUT2D eigenvalue weighted by Gasteiger charge is 2.18. The van der Waals surface area contributed by atoms with Crippen molar-refractivity contribution in [2.45, 2.75) is 46.5 Å². The van der Waals surface area contributed by atoms with Gasteiger partial charge in [-0.15, -0.1) is 11.3 Å². The number of rotatable bonds is 0. The van der Waals surface area contributed by atoms with Gasteiger partial charge >= 0.3 is 0 Å². The Balaban J connectivity index is 0.000000514. The van der Waals surface area contributed by atoms with Crippen LogP contribution < -0.4 is 9.75 Å². The first-order valence-electron chi connectivity index (χ1n) is 6.77. The maximum Gasteiger partial charge on any atom is 0.0314 e. The van der Waals surface area contributed by atoms with Gasteiger partial charge in [0.25, 0.3) is 0 Å². The van der Waals surface area contributed by atoms with Gasteiger partial charge in [0, 0.05) is 9.41 Å². The van der Waals surface area contributed by atoms with Crippen LogP contribution in [0.3, 0.4) is 0 Å². The molecule has 2 unspecified atom stereocenters. The Morgan fingerprint density at radius 2 is 1.94 bits per heavy atom. The molecule has 0 saturated heterocycles. The molecule has 0 N–H and O–H groups in total. The molecule has 0 radical (unpaired) electrons. The van der Waals surface area contributed by atoms with Crippen LogP contribution in [0.1, 0.15) is 56.9 Å². The molecule has 1 aromatic rings. The largest absolute Gasteiger partial charge is 0.136 e. The van der Waals surface area contributed by atoms with Crippen molar-refractivity contribution in [3.05, 3.63) is 26.3 Å². The first kappa shape index (κ1) is 12.6. The minimum atomic E-state index is 0.708. The van der Waals surface area contributed by atoms with E-state index in [0.717, 1.165) is 0 Å². The second kappa shape index (κ2) is 5.22. The fourth-order valence-corrected chi connectivity index (χ4v) is 3.88. The van der Waals surface area contributed by atoms with Crippen molar-refractivity contribution in [3.63, 3.8) is 0 Å². The Morgan fingerprint density at radius 1 is 1.18 bits per heavy atom. The molecule has 0 amide bonds. The first-order valence-corrected chi connectivity index (χ1v) is 7.58. The smallest absolute Gasteiger partial charge is 0.0314 e. The zero-order valence-electron chi connectivity index (χ0n) is 11.3. The Bertz CT molecular complexity index is 531. The topological polar surface area (TPSA) is 0 Å². The summed E-state index contributed by atoms with van der Waals surface area (Å²) in [5, 5.41) is 1.55. The molecule has 1 aromatic heterocycles. The Hall–Kier alpha value is -0.820. The fraction of sp³-hybridized carbons (Fsp3) is 0.500. The second-order valence-electron chi connectivity index (χ2n) is 4.78. The third kappa shape index (κ3) is 2.26. The lowest BCUT2D eigenvalue weighted by molar-refractivity contribution is 0.760. The molecule has 0 nitrogen and oxygen atoms in total. The molecule has 92 valence electrons. The molecule has 2 aliphatic carbocycles. The Kier molecular flexibility index (Phi) is 3.88. The maximum atomic E-state index is 2.47. The third-order valence-electron chi connectivity index (χ3n) is 3.42. The van der Waals surface area contributed by atoms with Crippen LogP contribution in [0.5, 0.6) is 0 Å². The summed E-state index contributed by atoms with van der Waals surface area (Å²) in [5.41, 5.74) is 1.61. The number of hydrogen-bond donors (Lipinski definition) is 0. The fourth-order valence-electron chi connectivity index (χ4n) is 2.59. The molecule has 17 heavy (non-hydrogen) atoms. The lowest BCUT2D eigenvalue weighted by Gasteiger charge is -2.14. The lowest BCUT2D eigenvalue weighted by Crippen LogP contribution is -2.27. The molecule has 2 aliphatic rings. The number of hydrogen-bond acceptors (Lipinski definition) is 1. The zero-order valence-corrected chi connectivity index (χ0v) is 12.1. The average Bonchev–Trinajstić information content (AvgIpc) is 2.71. The number of fused-ring (bicyclic) bond motifs is 3. The molecule has 3 rings (SSSR count). The zero-order chi connectivity index (χ0) is 12.4. The number of thiophene rings is 1. The van der Waals surface area contributed by atoms with E-state index in [0.29, 0.717) is 11.8 Å². The average molecular weight is 246 g/mol. The van der Waals surface area contributed by atoms with E-state index >= 15 is 0 Å². The van der Waals surface area contributed by atoms with Gasteiger partial charge in [0.2, 0.25) is 0 Å². The summed E-state index contributed by atoms with van der Waals surface area (Å²) in [5.74, 6) is 1.43. The van der Waals surface area contributed by atoms with Gasteiger partial charge in [-0.05, 0) is 41.5 Å². The summed E-state index contributed by atoms with van der Waals surface area (Å²) < 4.78 is 1.51. The van der Waals surface area contributed by atoms with Crippen LogP contribution in [0.15, 0.2) is 6.08 Å². The standard InChI is InChI=1S/C14H16S.C2H6/c1-9-6-7-12-11(8-9)14-10(2)4-3-5-13(14)15-12;1-2/h3,5,7-10H,4,6H2,1-2H3;1-2H3. The molecular weight excluding hydrogens is 224 g/mol. The lowest BCUT2D eigenvalue weighted by atomic mass is 9.90. The highest BCUT2D eigenvalue weighted by molar-refractivity contribution is 7.11. The van der Waals surface area contributed by atoms with Gasteiger partial charge in [-0.3, -0.25) is 0 Å². The van der Waals surface area contributed by atoms with Crippen LogP contribution >= 0.6 is 11.3 Å². The van der Waals surface area contributed by atoms with Gasteiger partial charge < -0.3 is 0 Å². The molecule has 2 atom stereocenters. The monoisotopic (exact) mass is 246 g/mol. The minimum Gasteiger partial charge on any atom is -0.136 e. The van der Waals surface area contributed by atoms with Crippen molar-refractivity contribution in [1.29, 1.82) is 0 Å². The molecule has 0 saturated carbocycles. The highest BCUT2D eigenvalue weighted by atomic mass is 32.1. The van der Waals surface area contributed by atoms with Crippen LogP contribution in [-0.2, 0) is 0 Å². The van der Waals surface area contributed by atoms with E-state index in [9.17, 15) is 0 Å². The summed E-state index contributed by atoms with van der Waals surface area (Å²) >= 11 is 1.97. The van der Waals surface area contributed by atoms with E-state index in [1.807, 2.05) is 25.2 Å². The molecule has 1 heteroatoms. The summed E-state index contributed by atoms with van der Waals surface area (Å²) in [4.78, 5) is 1.50. The van der Waals surface area contributed by atoms with E-state index in [1.54, 1.807) is 10.8 Å². The van der Waals surface area contributed by atoms with Crippen LogP contribution in [0.25, 0.3) is 18.2 Å². The Labute approximate surface area is 108 Å². The van der Waals surface area contributed by atoms with Crippen LogP contribution in [-0.4, -0.2) is 0 Å². The van der Waals surface area contributed by atoms with Crippen LogP contribution in [0.2, 0.25) is 0 Å². The van der Waals surface area contributed by atoms with Crippen LogP contribution in [0, 0.1) is 5.92 Å². The van der Waals surface area contributed by atoms with Crippen molar-refractivity contribution in [2.75, 3.05) is 0 Å². The van der Waals surface area contributed by atoms with Crippen molar-refractivity contribution >= 4 is 29.6 Å². The predicted molar refractivity (Wildman–Crippen MR) is 79.7 cm³/mol. The minimum absolute atomic E-state index is 0.708. The quantitative estimate of drug-likeness (QED) is 0.651. The molecule has 0 aliphatic heterocycles. The summed E-state index contributed by atoms with van der Waals surface area (Å²) in [6, 6.07) is 0. The van der Waals surface area contributed by atoms with E-state index in [1.165, 1.54) is 22.3 Å². The summed E-state index contributed by atoms with van der Waals surface area (Å²) in [6.07, 6.45) is 11.9. The van der Waals surface area contributed by atoms with Gasteiger partial charge in [0.1, 0.15) is 0 Å². The normalized spacial score (nSPS) is 24.7. The van der Waals surface area contributed by atoms with Gasteiger partial charge in [0.15, 0.2) is 0 Å².